The van der Waals surface area contributed by atoms with E-state index in [1.165, 1.54) is 0 Å². The molecule has 2 rings (SSSR count). The third kappa shape index (κ3) is 5.52. The molecule has 0 bridgehead atoms. The van der Waals surface area contributed by atoms with Crippen LogP contribution in [0.5, 0.6) is 5.75 Å². The van der Waals surface area contributed by atoms with Crippen LogP contribution in [0, 0.1) is 0 Å². The van der Waals surface area contributed by atoms with Crippen LogP contribution < -0.4 is 10.2 Å². The van der Waals surface area contributed by atoms with Gasteiger partial charge < -0.3 is 4.74 Å². The van der Waals surface area contributed by atoms with Crippen LogP contribution in [0.15, 0.2) is 41.5 Å². The van der Waals surface area contributed by atoms with Gasteiger partial charge in [-0.05, 0) is 43.7 Å². The highest BCUT2D eigenvalue weighted by atomic mass is 35.5. The lowest BCUT2D eigenvalue weighted by Crippen LogP contribution is -2.34. The summed E-state index contributed by atoms with van der Waals surface area (Å²) in [5.41, 5.74) is 3.81. The first-order valence-electron chi connectivity index (χ1n) is 7.75. The van der Waals surface area contributed by atoms with E-state index in [0.717, 1.165) is 0 Å². The highest BCUT2D eigenvalue weighted by Gasteiger charge is 2.16. The summed E-state index contributed by atoms with van der Waals surface area (Å²) in [6.07, 6.45) is -0.240. The van der Waals surface area contributed by atoms with Crippen LogP contribution >= 0.6 is 46.4 Å². The van der Waals surface area contributed by atoms with Gasteiger partial charge in [0.2, 0.25) is 0 Å². The predicted molar refractivity (Wildman–Crippen MR) is 108 cm³/mol. The lowest BCUT2D eigenvalue weighted by Gasteiger charge is -2.15. The molecule has 1 N–H and O–H groups in total. The van der Waals surface area contributed by atoms with Crippen molar-refractivity contribution in [2.75, 3.05) is 0 Å². The maximum atomic E-state index is 12.2. The summed E-state index contributed by atoms with van der Waals surface area (Å²) in [6.45, 7) is 3.50. The number of hydrazone groups is 1. The van der Waals surface area contributed by atoms with Crippen LogP contribution in [-0.4, -0.2) is 17.7 Å². The summed E-state index contributed by atoms with van der Waals surface area (Å²) in [5, 5.41) is 5.95. The van der Waals surface area contributed by atoms with Gasteiger partial charge in [0.1, 0.15) is 5.75 Å². The number of benzene rings is 2. The van der Waals surface area contributed by atoms with E-state index in [-0.39, 0.29) is 0 Å². The molecular weight excluding hydrogens is 418 g/mol. The number of hydrogen-bond acceptors (Lipinski definition) is 3. The molecule has 0 saturated carbocycles. The molecule has 0 fully saturated rings. The van der Waals surface area contributed by atoms with Crippen molar-refractivity contribution in [2.24, 2.45) is 5.10 Å². The second kappa shape index (κ2) is 9.47. The average Bonchev–Trinajstić information content (AvgIpc) is 2.59. The molecule has 0 heterocycles. The van der Waals surface area contributed by atoms with Crippen LogP contribution in [0.4, 0.5) is 0 Å². The van der Waals surface area contributed by atoms with Crippen molar-refractivity contribution in [2.45, 2.75) is 26.4 Å². The largest absolute Gasteiger partial charge is 0.479 e. The van der Waals surface area contributed by atoms with E-state index in [1.807, 2.05) is 6.92 Å². The van der Waals surface area contributed by atoms with Gasteiger partial charge in [-0.15, -0.1) is 0 Å². The minimum atomic E-state index is -0.809. The molecule has 2 aromatic carbocycles. The molecule has 0 aliphatic heterocycles. The summed E-state index contributed by atoms with van der Waals surface area (Å²) in [6, 6.07) is 9.86. The van der Waals surface area contributed by atoms with Crippen LogP contribution in [-0.2, 0) is 4.79 Å². The summed E-state index contributed by atoms with van der Waals surface area (Å²) in [4.78, 5) is 12.2. The fourth-order valence-corrected chi connectivity index (χ4v) is 3.05. The molecule has 2 aromatic rings. The third-order valence-electron chi connectivity index (χ3n) is 3.44. The molecule has 0 spiro atoms. The molecule has 1 unspecified atom stereocenters. The number of amides is 1. The first-order valence-corrected chi connectivity index (χ1v) is 9.26. The number of nitrogens with one attached hydrogen (secondary N) is 1. The van der Waals surface area contributed by atoms with E-state index in [1.54, 1.807) is 43.3 Å². The van der Waals surface area contributed by atoms with Crippen molar-refractivity contribution in [3.05, 3.63) is 62.1 Å². The minimum Gasteiger partial charge on any atom is -0.479 e. The Morgan fingerprint density at radius 3 is 2.27 bits per heavy atom. The highest BCUT2D eigenvalue weighted by Crippen LogP contribution is 2.28. The van der Waals surface area contributed by atoms with Crippen LogP contribution in [0.25, 0.3) is 0 Å². The third-order valence-corrected chi connectivity index (χ3v) is 4.52. The Bertz CT molecular complexity index is 840. The van der Waals surface area contributed by atoms with Gasteiger partial charge in [0.15, 0.2) is 6.10 Å². The van der Waals surface area contributed by atoms with Gasteiger partial charge in [0.25, 0.3) is 5.91 Å². The van der Waals surface area contributed by atoms with Gasteiger partial charge in [-0.3, -0.25) is 4.79 Å². The lowest BCUT2D eigenvalue weighted by atomic mass is 10.1. The topological polar surface area (TPSA) is 50.7 Å². The van der Waals surface area contributed by atoms with E-state index in [9.17, 15) is 4.79 Å². The van der Waals surface area contributed by atoms with Gasteiger partial charge in [0.05, 0.1) is 15.8 Å². The smallest absolute Gasteiger partial charge is 0.280 e. The summed E-state index contributed by atoms with van der Waals surface area (Å²) < 4.78 is 5.56. The predicted octanol–water partition coefficient (Wildman–Crippen LogP) is 6.00. The van der Waals surface area contributed by atoms with E-state index < -0.39 is 12.0 Å². The maximum Gasteiger partial charge on any atom is 0.280 e. The Kier molecular flexibility index (Phi) is 7.59. The number of hydrogen-bond donors (Lipinski definition) is 1. The minimum absolute atomic E-state index is 0.322. The van der Waals surface area contributed by atoms with Crippen molar-refractivity contribution in [1.29, 1.82) is 0 Å². The summed E-state index contributed by atoms with van der Waals surface area (Å²) in [5.74, 6) is -0.0637. The van der Waals surface area contributed by atoms with E-state index in [4.69, 9.17) is 51.1 Å². The van der Waals surface area contributed by atoms with Crippen LogP contribution in [0.1, 0.15) is 25.8 Å². The number of carbonyl (C=O) groups is 1. The fraction of sp³-hybridized carbons (Fsp3) is 0.222. The monoisotopic (exact) mass is 432 g/mol. The normalized spacial score (nSPS) is 12.6. The molecule has 1 atom stereocenters. The Hall–Kier alpha value is -1.46. The van der Waals surface area contributed by atoms with Crippen molar-refractivity contribution in [3.63, 3.8) is 0 Å². The number of nitrogens with zero attached hydrogens (tertiary/aromatic N) is 1. The average molecular weight is 434 g/mol. The molecule has 0 aliphatic rings. The molecule has 26 heavy (non-hydrogen) atoms. The van der Waals surface area contributed by atoms with Gasteiger partial charge in [-0.25, -0.2) is 5.43 Å². The van der Waals surface area contributed by atoms with Gasteiger partial charge >= 0.3 is 0 Å². The van der Waals surface area contributed by atoms with Gasteiger partial charge in [-0.1, -0.05) is 59.4 Å². The number of carbonyl (C=O) groups excluding carboxylic acids is 1. The Morgan fingerprint density at radius 2 is 1.69 bits per heavy atom. The van der Waals surface area contributed by atoms with Crippen LogP contribution in [0.3, 0.4) is 0 Å². The number of rotatable bonds is 6. The van der Waals surface area contributed by atoms with E-state index >= 15 is 0 Å². The second-order valence-electron chi connectivity index (χ2n) is 5.35. The first-order chi connectivity index (χ1) is 12.3. The lowest BCUT2D eigenvalue weighted by molar-refractivity contribution is -0.127. The number of halogens is 4. The molecular formula is C18H16Cl4N2O2. The van der Waals surface area contributed by atoms with E-state index in [0.29, 0.717) is 43.5 Å². The zero-order valence-electron chi connectivity index (χ0n) is 14.0. The zero-order chi connectivity index (χ0) is 19.3. The van der Waals surface area contributed by atoms with Gasteiger partial charge in [0, 0.05) is 15.6 Å². The van der Waals surface area contributed by atoms with Gasteiger partial charge in [-0.2, -0.15) is 5.10 Å². The summed E-state index contributed by atoms with van der Waals surface area (Å²) >= 11 is 24.0. The summed E-state index contributed by atoms with van der Waals surface area (Å²) in [7, 11) is 0. The Labute approximate surface area is 172 Å². The SMILES string of the molecule is CC/C(=N/NC(=O)C(C)Oc1ccc(Cl)cc1Cl)c1ccc(Cl)cc1Cl. The van der Waals surface area contributed by atoms with Crippen molar-refractivity contribution >= 4 is 58.0 Å². The molecule has 0 saturated heterocycles. The second-order valence-corrected chi connectivity index (χ2v) is 7.03. The molecule has 4 nitrogen and oxygen atoms in total. The zero-order valence-corrected chi connectivity index (χ0v) is 17.0. The Balaban J connectivity index is 2.08. The van der Waals surface area contributed by atoms with Crippen molar-refractivity contribution < 1.29 is 9.53 Å². The molecule has 0 radical (unpaired) electrons. The molecule has 1 amide bonds. The van der Waals surface area contributed by atoms with Crippen LogP contribution in [0.2, 0.25) is 20.1 Å². The standard InChI is InChI=1S/C18H16Cl4N2O2/c1-3-16(13-6-4-11(19)8-14(13)21)23-24-18(25)10(2)26-17-7-5-12(20)9-15(17)22/h4-10H,3H2,1-2H3,(H,24,25)/b23-16-. The fourth-order valence-electron chi connectivity index (χ4n) is 2.08. The van der Waals surface area contributed by atoms with E-state index in [2.05, 4.69) is 10.5 Å². The molecule has 0 aromatic heterocycles. The highest BCUT2D eigenvalue weighted by molar-refractivity contribution is 6.37. The van der Waals surface area contributed by atoms with Crippen molar-refractivity contribution in [1.82, 2.24) is 5.43 Å². The molecule has 138 valence electrons. The van der Waals surface area contributed by atoms with Crippen molar-refractivity contribution in [3.8, 4) is 5.75 Å². The molecule has 8 heteroatoms. The maximum absolute atomic E-state index is 12.2. The molecule has 0 aliphatic carbocycles. The number of ether oxygens (including phenoxy) is 1. The first kappa shape index (κ1) is 20.8. The quantitative estimate of drug-likeness (QED) is 0.448. The Morgan fingerprint density at radius 1 is 1.08 bits per heavy atom.